The average molecular weight is 499 g/mol. The summed E-state index contributed by atoms with van der Waals surface area (Å²) in [5, 5.41) is 11.9. The minimum atomic E-state index is -4.10. The number of aromatic nitrogens is 2. The van der Waals surface area contributed by atoms with E-state index in [2.05, 4.69) is 15.3 Å². The number of ether oxygens (including phenoxy) is 1. The molecule has 1 aliphatic rings. The first-order valence-corrected chi connectivity index (χ1v) is 11.8. The SMILES string of the molecule is CCCCNC(=O)c1cnc(-c2ccc(S(=O)(=O)C3(C(=O)NO)CCOCC3)cc2)cn1.Cl. The maximum absolute atomic E-state index is 13.3. The standard InChI is InChI=1S/C21H26N4O6S.ClH/c1-2-3-10-22-19(26)18-14-23-17(13-24-18)15-4-6-16(7-5-15)32(29,30)21(20(27)25-28)8-11-31-12-9-21;/h4-7,13-14,28H,2-3,8-12H2,1H3,(H,22,26)(H,25,27);1H. The summed E-state index contributed by atoms with van der Waals surface area (Å²) in [6.45, 7) is 2.79. The Morgan fingerprint density at radius 1 is 1.12 bits per heavy atom. The van der Waals surface area contributed by atoms with Crippen LogP contribution in [-0.2, 0) is 19.4 Å². The van der Waals surface area contributed by atoms with Crippen LogP contribution < -0.4 is 10.8 Å². The predicted octanol–water partition coefficient (Wildman–Crippen LogP) is 1.92. The number of amides is 2. The van der Waals surface area contributed by atoms with Crippen molar-refractivity contribution in [2.45, 2.75) is 42.2 Å². The second-order valence-corrected chi connectivity index (χ2v) is 9.73. The van der Waals surface area contributed by atoms with E-state index in [-0.39, 0.29) is 55.0 Å². The van der Waals surface area contributed by atoms with Gasteiger partial charge in [0, 0.05) is 25.3 Å². The van der Waals surface area contributed by atoms with Crippen molar-refractivity contribution < 1.29 is 28.0 Å². The Morgan fingerprint density at radius 2 is 1.79 bits per heavy atom. The van der Waals surface area contributed by atoms with Crippen LogP contribution in [0.15, 0.2) is 41.6 Å². The van der Waals surface area contributed by atoms with Gasteiger partial charge in [-0.1, -0.05) is 25.5 Å². The molecular weight excluding hydrogens is 472 g/mol. The molecule has 2 amide bonds. The lowest BCUT2D eigenvalue weighted by Crippen LogP contribution is -2.54. The van der Waals surface area contributed by atoms with E-state index < -0.39 is 20.5 Å². The van der Waals surface area contributed by atoms with Crippen molar-refractivity contribution in [1.29, 1.82) is 0 Å². The van der Waals surface area contributed by atoms with Gasteiger partial charge in [0.2, 0.25) is 0 Å². The molecule has 2 heterocycles. The molecule has 0 atom stereocenters. The molecule has 0 radical (unpaired) electrons. The van der Waals surface area contributed by atoms with Crippen LogP contribution >= 0.6 is 12.4 Å². The molecule has 0 bridgehead atoms. The molecule has 180 valence electrons. The zero-order chi connectivity index (χ0) is 23.2. The number of benzene rings is 1. The van der Waals surface area contributed by atoms with Gasteiger partial charge in [0.25, 0.3) is 11.8 Å². The molecule has 3 rings (SSSR count). The number of unbranched alkanes of at least 4 members (excludes halogenated alkanes) is 1. The van der Waals surface area contributed by atoms with E-state index in [1.54, 1.807) is 12.1 Å². The van der Waals surface area contributed by atoms with Crippen molar-refractivity contribution in [2.75, 3.05) is 19.8 Å². The van der Waals surface area contributed by atoms with E-state index in [1.807, 2.05) is 6.92 Å². The molecule has 1 aromatic heterocycles. The molecule has 33 heavy (non-hydrogen) atoms. The van der Waals surface area contributed by atoms with E-state index in [1.165, 1.54) is 30.0 Å². The number of hydrogen-bond acceptors (Lipinski definition) is 8. The number of rotatable bonds is 8. The Hall–Kier alpha value is -2.60. The molecular formula is C21H27ClN4O6S. The number of carbonyl (C=O) groups is 2. The minimum Gasteiger partial charge on any atom is -0.381 e. The van der Waals surface area contributed by atoms with E-state index in [4.69, 9.17) is 9.94 Å². The predicted molar refractivity (Wildman–Crippen MR) is 122 cm³/mol. The van der Waals surface area contributed by atoms with Crippen LogP contribution in [0.5, 0.6) is 0 Å². The van der Waals surface area contributed by atoms with Crippen LogP contribution in [0, 0.1) is 0 Å². The molecule has 1 fully saturated rings. The first-order chi connectivity index (χ1) is 15.4. The van der Waals surface area contributed by atoms with Crippen molar-refractivity contribution in [3.8, 4) is 11.3 Å². The molecule has 1 aliphatic heterocycles. The summed E-state index contributed by atoms with van der Waals surface area (Å²) in [6, 6.07) is 5.89. The summed E-state index contributed by atoms with van der Waals surface area (Å²) in [4.78, 5) is 32.7. The van der Waals surface area contributed by atoms with Crippen LogP contribution in [-0.4, -0.2) is 59.9 Å². The molecule has 10 nitrogen and oxygen atoms in total. The highest BCUT2D eigenvalue weighted by Gasteiger charge is 2.52. The van der Waals surface area contributed by atoms with Gasteiger partial charge < -0.3 is 10.1 Å². The third-order valence-electron chi connectivity index (χ3n) is 5.49. The second kappa shape index (κ2) is 11.5. The Kier molecular flexibility index (Phi) is 9.29. The summed E-state index contributed by atoms with van der Waals surface area (Å²) < 4.78 is 30.0. The highest BCUT2D eigenvalue weighted by Crippen LogP contribution is 2.35. The molecule has 0 unspecified atom stereocenters. The Bertz CT molecular complexity index is 1060. The molecule has 12 heteroatoms. The molecule has 2 aromatic rings. The third kappa shape index (κ3) is 5.49. The average Bonchev–Trinajstić information content (AvgIpc) is 2.84. The van der Waals surface area contributed by atoms with Crippen LogP contribution in [0.3, 0.4) is 0 Å². The molecule has 3 N–H and O–H groups in total. The van der Waals surface area contributed by atoms with Gasteiger partial charge in [-0.2, -0.15) is 0 Å². The fourth-order valence-electron chi connectivity index (χ4n) is 3.51. The topological polar surface area (TPSA) is 148 Å². The number of carbonyl (C=O) groups excluding carboxylic acids is 2. The van der Waals surface area contributed by atoms with Crippen LogP contribution in [0.4, 0.5) is 0 Å². The van der Waals surface area contributed by atoms with Crippen LogP contribution in [0.2, 0.25) is 0 Å². The summed E-state index contributed by atoms with van der Waals surface area (Å²) in [6.07, 6.45) is 4.53. The quantitative estimate of drug-likeness (QED) is 0.284. The zero-order valence-corrected chi connectivity index (χ0v) is 19.7. The van der Waals surface area contributed by atoms with Crippen molar-refractivity contribution in [3.05, 3.63) is 42.4 Å². The summed E-state index contributed by atoms with van der Waals surface area (Å²) in [7, 11) is -4.10. The minimum absolute atomic E-state index is 0. The van der Waals surface area contributed by atoms with Gasteiger partial charge in [0.05, 0.1) is 23.0 Å². The highest BCUT2D eigenvalue weighted by atomic mass is 35.5. The molecule has 0 saturated carbocycles. The molecule has 1 saturated heterocycles. The summed E-state index contributed by atoms with van der Waals surface area (Å²) in [5.74, 6) is -1.27. The highest BCUT2D eigenvalue weighted by molar-refractivity contribution is 7.93. The first kappa shape index (κ1) is 26.7. The number of hydroxylamine groups is 1. The van der Waals surface area contributed by atoms with E-state index >= 15 is 0 Å². The zero-order valence-electron chi connectivity index (χ0n) is 18.1. The lowest BCUT2D eigenvalue weighted by atomic mass is 9.98. The van der Waals surface area contributed by atoms with Gasteiger partial charge in [-0.3, -0.25) is 19.8 Å². The van der Waals surface area contributed by atoms with Gasteiger partial charge in [-0.25, -0.2) is 18.9 Å². The second-order valence-electron chi connectivity index (χ2n) is 7.47. The Labute approximate surface area is 198 Å². The fraction of sp³-hybridized carbons (Fsp3) is 0.429. The van der Waals surface area contributed by atoms with Crippen molar-refractivity contribution in [1.82, 2.24) is 20.8 Å². The van der Waals surface area contributed by atoms with E-state index in [0.717, 1.165) is 12.8 Å². The number of nitrogens with one attached hydrogen (secondary N) is 2. The van der Waals surface area contributed by atoms with Crippen LogP contribution in [0.25, 0.3) is 11.3 Å². The van der Waals surface area contributed by atoms with E-state index in [0.29, 0.717) is 17.8 Å². The van der Waals surface area contributed by atoms with Gasteiger partial charge in [0.15, 0.2) is 14.6 Å². The van der Waals surface area contributed by atoms with Gasteiger partial charge in [-0.15, -0.1) is 12.4 Å². The lowest BCUT2D eigenvalue weighted by molar-refractivity contribution is -0.134. The van der Waals surface area contributed by atoms with Crippen molar-refractivity contribution >= 4 is 34.1 Å². The van der Waals surface area contributed by atoms with Gasteiger partial charge in [-0.05, 0) is 31.4 Å². The smallest absolute Gasteiger partial charge is 0.271 e. The fourth-order valence-corrected chi connectivity index (χ4v) is 5.45. The molecule has 0 spiro atoms. The maximum atomic E-state index is 13.3. The maximum Gasteiger partial charge on any atom is 0.271 e. The number of sulfone groups is 1. The largest absolute Gasteiger partial charge is 0.381 e. The first-order valence-electron chi connectivity index (χ1n) is 10.3. The normalized spacial score (nSPS) is 15.2. The van der Waals surface area contributed by atoms with Gasteiger partial charge >= 0.3 is 0 Å². The van der Waals surface area contributed by atoms with Crippen molar-refractivity contribution in [3.63, 3.8) is 0 Å². The number of nitrogens with zero attached hydrogens (tertiary/aromatic N) is 2. The van der Waals surface area contributed by atoms with Crippen molar-refractivity contribution in [2.24, 2.45) is 0 Å². The number of hydrogen-bond donors (Lipinski definition) is 3. The van der Waals surface area contributed by atoms with Gasteiger partial charge in [0.1, 0.15) is 5.69 Å². The molecule has 1 aromatic carbocycles. The number of halogens is 1. The summed E-state index contributed by atoms with van der Waals surface area (Å²) >= 11 is 0. The summed E-state index contributed by atoms with van der Waals surface area (Å²) in [5.41, 5.74) is 2.75. The van der Waals surface area contributed by atoms with Crippen LogP contribution in [0.1, 0.15) is 43.1 Å². The molecule has 0 aliphatic carbocycles. The Morgan fingerprint density at radius 3 is 2.33 bits per heavy atom. The van der Waals surface area contributed by atoms with E-state index in [9.17, 15) is 18.0 Å². The third-order valence-corrected chi connectivity index (χ3v) is 8.01. The Balaban J connectivity index is 0.00000385. The monoisotopic (exact) mass is 498 g/mol. The lowest BCUT2D eigenvalue weighted by Gasteiger charge is -2.34.